The van der Waals surface area contributed by atoms with Crippen molar-refractivity contribution in [1.29, 1.82) is 0 Å². The van der Waals surface area contributed by atoms with Crippen molar-refractivity contribution in [3.63, 3.8) is 0 Å². The lowest BCUT2D eigenvalue weighted by molar-refractivity contribution is 0.593. The molecule has 6 nitrogen and oxygen atoms in total. The van der Waals surface area contributed by atoms with E-state index in [2.05, 4.69) is 14.9 Å². The molecule has 4 N–H and O–H groups in total. The predicted molar refractivity (Wildman–Crippen MR) is 73.2 cm³/mol. The van der Waals surface area contributed by atoms with E-state index in [0.717, 1.165) is 0 Å². The van der Waals surface area contributed by atoms with Gasteiger partial charge in [-0.05, 0) is 25.5 Å². The molecule has 2 aromatic rings. The van der Waals surface area contributed by atoms with Crippen molar-refractivity contribution >= 4 is 15.7 Å². The topological polar surface area (TPSA) is 101 Å². The highest BCUT2D eigenvalue weighted by atomic mass is 32.2. The van der Waals surface area contributed by atoms with Crippen molar-refractivity contribution in [3.8, 4) is 0 Å². The van der Waals surface area contributed by atoms with Gasteiger partial charge in [-0.25, -0.2) is 4.39 Å². The first kappa shape index (κ1) is 14.5. The van der Waals surface area contributed by atoms with E-state index >= 15 is 0 Å². The molecule has 0 spiro atoms. The van der Waals surface area contributed by atoms with Crippen LogP contribution in [0.2, 0.25) is 0 Å². The standard InChI is InChI=1S/C12H15FN4O2S/c1-7-4-3-5-10(13)11(7)17-20(18,19)12-9(6-14)8(2)15-16-12/h3-5,17H,6,14H2,1-2H3,(H,15,16). The van der Waals surface area contributed by atoms with Crippen LogP contribution in [0.5, 0.6) is 0 Å². The molecule has 0 saturated heterocycles. The quantitative estimate of drug-likeness (QED) is 0.794. The van der Waals surface area contributed by atoms with Crippen LogP contribution in [0.25, 0.3) is 0 Å². The fourth-order valence-corrected chi connectivity index (χ4v) is 3.19. The van der Waals surface area contributed by atoms with Gasteiger partial charge in [-0.1, -0.05) is 12.1 Å². The van der Waals surface area contributed by atoms with Gasteiger partial charge in [0.2, 0.25) is 5.03 Å². The van der Waals surface area contributed by atoms with Crippen molar-refractivity contribution in [3.05, 3.63) is 40.8 Å². The summed E-state index contributed by atoms with van der Waals surface area (Å²) in [5.41, 5.74) is 6.86. The third kappa shape index (κ3) is 2.52. The van der Waals surface area contributed by atoms with Crippen LogP contribution in [0.15, 0.2) is 23.2 Å². The normalized spacial score (nSPS) is 11.6. The predicted octanol–water partition coefficient (Wildman–Crippen LogP) is 1.43. The molecule has 20 heavy (non-hydrogen) atoms. The Morgan fingerprint density at radius 1 is 1.40 bits per heavy atom. The highest BCUT2D eigenvalue weighted by Crippen LogP contribution is 2.24. The van der Waals surface area contributed by atoms with Crippen molar-refractivity contribution < 1.29 is 12.8 Å². The maximum Gasteiger partial charge on any atom is 0.281 e. The van der Waals surface area contributed by atoms with Crippen LogP contribution < -0.4 is 10.5 Å². The van der Waals surface area contributed by atoms with Gasteiger partial charge in [-0.2, -0.15) is 13.5 Å². The summed E-state index contributed by atoms with van der Waals surface area (Å²) in [4.78, 5) is 0. The molecular weight excluding hydrogens is 283 g/mol. The molecule has 0 aliphatic carbocycles. The van der Waals surface area contributed by atoms with E-state index < -0.39 is 15.8 Å². The molecule has 1 heterocycles. The van der Waals surface area contributed by atoms with Crippen molar-refractivity contribution in [2.45, 2.75) is 25.4 Å². The smallest absolute Gasteiger partial charge is 0.281 e. The number of hydrogen-bond donors (Lipinski definition) is 3. The molecule has 0 saturated carbocycles. The largest absolute Gasteiger partial charge is 0.326 e. The Balaban J connectivity index is 2.46. The molecule has 0 aliphatic rings. The van der Waals surface area contributed by atoms with Crippen LogP contribution in [0.4, 0.5) is 10.1 Å². The van der Waals surface area contributed by atoms with E-state index in [1.54, 1.807) is 19.9 Å². The molecular formula is C12H15FN4O2S. The number of nitrogens with one attached hydrogen (secondary N) is 2. The minimum absolute atomic E-state index is 0.0226. The SMILES string of the molecule is Cc1cccc(F)c1NS(=O)(=O)c1n[nH]c(C)c1CN. The molecule has 1 aromatic heterocycles. The molecule has 0 atom stereocenters. The zero-order valence-corrected chi connectivity index (χ0v) is 11.9. The first-order valence-electron chi connectivity index (χ1n) is 5.88. The molecule has 0 unspecified atom stereocenters. The van der Waals surface area contributed by atoms with E-state index in [1.807, 2.05) is 0 Å². The average Bonchev–Trinajstić information content (AvgIpc) is 2.76. The summed E-state index contributed by atoms with van der Waals surface area (Å²) in [5, 5.41) is 6.09. The number of nitrogens with two attached hydrogens (primary N) is 1. The van der Waals surface area contributed by atoms with Gasteiger partial charge in [0.1, 0.15) is 5.82 Å². The highest BCUT2D eigenvalue weighted by Gasteiger charge is 2.24. The first-order chi connectivity index (χ1) is 9.36. The van der Waals surface area contributed by atoms with Gasteiger partial charge < -0.3 is 5.73 Å². The average molecular weight is 298 g/mol. The summed E-state index contributed by atoms with van der Waals surface area (Å²) in [5.74, 6) is -0.643. The maximum atomic E-state index is 13.7. The van der Waals surface area contributed by atoms with Crippen LogP contribution in [0, 0.1) is 19.7 Å². The number of aromatic nitrogens is 2. The van der Waals surface area contributed by atoms with Crippen molar-refractivity contribution in [2.75, 3.05) is 4.72 Å². The minimum atomic E-state index is -3.99. The van der Waals surface area contributed by atoms with E-state index in [9.17, 15) is 12.8 Å². The monoisotopic (exact) mass is 298 g/mol. The Labute approximate surface area is 116 Å². The summed E-state index contributed by atoms with van der Waals surface area (Å²) in [6.45, 7) is 3.30. The van der Waals surface area contributed by atoms with E-state index in [0.29, 0.717) is 16.8 Å². The zero-order chi connectivity index (χ0) is 14.9. The van der Waals surface area contributed by atoms with Crippen molar-refractivity contribution in [2.24, 2.45) is 5.73 Å². The molecule has 0 radical (unpaired) electrons. The molecule has 0 bridgehead atoms. The number of halogens is 1. The summed E-state index contributed by atoms with van der Waals surface area (Å²) >= 11 is 0. The van der Waals surface area contributed by atoms with Gasteiger partial charge in [0.05, 0.1) is 5.69 Å². The summed E-state index contributed by atoms with van der Waals surface area (Å²) in [6.07, 6.45) is 0. The summed E-state index contributed by atoms with van der Waals surface area (Å²) in [6, 6.07) is 4.30. The second-order valence-corrected chi connectivity index (χ2v) is 5.97. The molecule has 108 valence electrons. The molecule has 0 fully saturated rings. The Morgan fingerprint density at radius 2 is 2.10 bits per heavy atom. The second-order valence-electron chi connectivity index (χ2n) is 4.37. The molecule has 1 aromatic carbocycles. The summed E-state index contributed by atoms with van der Waals surface area (Å²) < 4.78 is 40.5. The lowest BCUT2D eigenvalue weighted by Crippen LogP contribution is -2.18. The number of benzene rings is 1. The number of anilines is 1. The number of para-hydroxylation sites is 1. The number of aromatic amines is 1. The molecule has 0 aliphatic heterocycles. The molecule has 8 heteroatoms. The first-order valence-corrected chi connectivity index (χ1v) is 7.37. The van der Waals surface area contributed by atoms with E-state index in [-0.39, 0.29) is 17.3 Å². The third-order valence-electron chi connectivity index (χ3n) is 2.95. The lowest BCUT2D eigenvalue weighted by atomic mass is 10.2. The number of rotatable bonds is 4. The zero-order valence-electron chi connectivity index (χ0n) is 11.1. The van der Waals surface area contributed by atoms with Crippen LogP contribution >= 0.6 is 0 Å². The molecule has 0 amide bonds. The van der Waals surface area contributed by atoms with Gasteiger partial charge in [0.25, 0.3) is 10.0 Å². The second kappa shape index (κ2) is 5.22. The fourth-order valence-electron chi connectivity index (χ4n) is 1.84. The highest BCUT2D eigenvalue weighted by molar-refractivity contribution is 7.92. The molecule has 2 rings (SSSR count). The Bertz CT molecular complexity index is 720. The van der Waals surface area contributed by atoms with Gasteiger partial charge >= 0.3 is 0 Å². The van der Waals surface area contributed by atoms with Crippen LogP contribution in [-0.2, 0) is 16.6 Å². The van der Waals surface area contributed by atoms with E-state index in [1.165, 1.54) is 12.1 Å². The fraction of sp³-hybridized carbons (Fsp3) is 0.250. The van der Waals surface area contributed by atoms with Crippen LogP contribution in [-0.4, -0.2) is 18.6 Å². The summed E-state index contributed by atoms with van der Waals surface area (Å²) in [7, 11) is -3.99. The maximum absolute atomic E-state index is 13.7. The number of H-pyrrole nitrogens is 1. The Morgan fingerprint density at radius 3 is 2.70 bits per heavy atom. The number of hydrogen-bond acceptors (Lipinski definition) is 4. The van der Waals surface area contributed by atoms with Gasteiger partial charge in [-0.15, -0.1) is 0 Å². The lowest BCUT2D eigenvalue weighted by Gasteiger charge is -2.10. The van der Waals surface area contributed by atoms with Crippen LogP contribution in [0.3, 0.4) is 0 Å². The minimum Gasteiger partial charge on any atom is -0.326 e. The van der Waals surface area contributed by atoms with Crippen LogP contribution in [0.1, 0.15) is 16.8 Å². The van der Waals surface area contributed by atoms with Gasteiger partial charge in [0, 0.05) is 17.8 Å². The number of aryl methyl sites for hydroxylation is 2. The van der Waals surface area contributed by atoms with Gasteiger partial charge in [0.15, 0.2) is 0 Å². The number of nitrogens with zero attached hydrogens (tertiary/aromatic N) is 1. The number of sulfonamides is 1. The third-order valence-corrected chi connectivity index (χ3v) is 4.27. The van der Waals surface area contributed by atoms with Gasteiger partial charge in [-0.3, -0.25) is 9.82 Å². The van der Waals surface area contributed by atoms with E-state index in [4.69, 9.17) is 5.73 Å². The Hall–Kier alpha value is -1.93. The Kier molecular flexibility index (Phi) is 3.78. The van der Waals surface area contributed by atoms with Crippen molar-refractivity contribution in [1.82, 2.24) is 10.2 Å².